The second kappa shape index (κ2) is 7.68. The van der Waals surface area contributed by atoms with Crippen LogP contribution in [0, 0.1) is 5.92 Å². The third kappa shape index (κ3) is 3.86. The number of benzene rings is 1. The van der Waals surface area contributed by atoms with Crippen molar-refractivity contribution in [1.82, 2.24) is 9.97 Å². The fraction of sp³-hybridized carbons (Fsp3) is 0.389. The minimum absolute atomic E-state index is 0.0438. The second-order valence-corrected chi connectivity index (χ2v) is 7.35. The van der Waals surface area contributed by atoms with E-state index in [0.717, 1.165) is 5.56 Å². The largest absolute Gasteiger partial charge is 0.447 e. The molecule has 8 heteroatoms. The van der Waals surface area contributed by atoms with Gasteiger partial charge in [0.25, 0.3) is 0 Å². The van der Waals surface area contributed by atoms with Gasteiger partial charge in [0, 0.05) is 6.20 Å². The van der Waals surface area contributed by atoms with Gasteiger partial charge in [0.2, 0.25) is 5.95 Å². The lowest BCUT2D eigenvalue weighted by Gasteiger charge is -2.23. The van der Waals surface area contributed by atoms with Crippen LogP contribution in [0.2, 0.25) is 10.0 Å². The Kier molecular flexibility index (Phi) is 5.53. The highest BCUT2D eigenvalue weighted by atomic mass is 35.5. The molecule has 0 bridgehead atoms. The summed E-state index contributed by atoms with van der Waals surface area (Å²) in [5.74, 6) is 1.19. The van der Waals surface area contributed by atoms with E-state index in [1.807, 2.05) is 26.8 Å². The first-order valence-electron chi connectivity index (χ1n) is 8.37. The molecule has 0 aliphatic carbocycles. The zero-order chi connectivity index (χ0) is 18.8. The van der Waals surface area contributed by atoms with Crippen LogP contribution in [0.5, 0.6) is 0 Å². The van der Waals surface area contributed by atoms with Crippen LogP contribution in [-0.2, 0) is 4.74 Å². The number of carbonyl (C=O) groups is 1. The molecule has 1 saturated heterocycles. The Morgan fingerprint density at radius 1 is 1.23 bits per heavy atom. The molecular formula is C18H20Cl2N4O2. The predicted octanol–water partition coefficient (Wildman–Crippen LogP) is 4.94. The van der Waals surface area contributed by atoms with Crippen LogP contribution in [0.3, 0.4) is 0 Å². The molecule has 2 aromatic rings. The highest BCUT2D eigenvalue weighted by Crippen LogP contribution is 2.28. The van der Waals surface area contributed by atoms with E-state index < -0.39 is 0 Å². The lowest BCUT2D eigenvalue weighted by molar-refractivity contribution is 0.177. The second-order valence-electron chi connectivity index (χ2n) is 6.54. The third-order valence-corrected chi connectivity index (χ3v) is 5.09. The molecular weight excluding hydrogens is 375 g/mol. The van der Waals surface area contributed by atoms with Crippen LogP contribution in [0.15, 0.2) is 30.5 Å². The summed E-state index contributed by atoms with van der Waals surface area (Å²) >= 11 is 12.1. The van der Waals surface area contributed by atoms with Crippen LogP contribution in [0.25, 0.3) is 0 Å². The van der Waals surface area contributed by atoms with E-state index in [1.165, 1.54) is 0 Å². The number of nitrogens with zero attached hydrogens (tertiary/aromatic N) is 3. The summed E-state index contributed by atoms with van der Waals surface area (Å²) in [5, 5.41) is 4.23. The maximum absolute atomic E-state index is 12.1. The number of rotatable bonds is 5. The van der Waals surface area contributed by atoms with Crippen LogP contribution >= 0.6 is 23.2 Å². The van der Waals surface area contributed by atoms with Gasteiger partial charge in [0.05, 0.1) is 22.1 Å². The van der Waals surface area contributed by atoms with Crippen molar-refractivity contribution in [3.05, 3.63) is 46.1 Å². The molecule has 1 aliphatic rings. The monoisotopic (exact) mass is 394 g/mol. The van der Waals surface area contributed by atoms with E-state index in [0.29, 0.717) is 28.4 Å². The van der Waals surface area contributed by atoms with Crippen LogP contribution in [0.1, 0.15) is 32.4 Å². The zero-order valence-electron chi connectivity index (χ0n) is 14.7. The molecule has 26 heavy (non-hydrogen) atoms. The molecule has 1 aromatic heterocycles. The fourth-order valence-corrected chi connectivity index (χ4v) is 3.11. The minimum atomic E-state index is -0.383. The Morgan fingerprint density at radius 3 is 2.69 bits per heavy atom. The molecule has 0 saturated carbocycles. The van der Waals surface area contributed by atoms with Gasteiger partial charge < -0.3 is 10.1 Å². The van der Waals surface area contributed by atoms with E-state index in [9.17, 15) is 4.79 Å². The number of nitrogens with one attached hydrogen (secondary N) is 1. The van der Waals surface area contributed by atoms with Crippen molar-refractivity contribution < 1.29 is 9.53 Å². The van der Waals surface area contributed by atoms with Gasteiger partial charge in [-0.2, -0.15) is 4.98 Å². The van der Waals surface area contributed by atoms with Crippen molar-refractivity contribution in [3.8, 4) is 0 Å². The Labute approximate surface area is 162 Å². The molecule has 3 rings (SSSR count). The predicted molar refractivity (Wildman–Crippen MR) is 103 cm³/mol. The van der Waals surface area contributed by atoms with E-state index in [2.05, 4.69) is 15.3 Å². The van der Waals surface area contributed by atoms with E-state index >= 15 is 0 Å². The smallest absolute Gasteiger partial charge is 0.415 e. The molecule has 1 fully saturated rings. The molecule has 1 aromatic carbocycles. The normalized spacial score (nSPS) is 18.2. The topological polar surface area (TPSA) is 67.3 Å². The van der Waals surface area contributed by atoms with Gasteiger partial charge in [-0.1, -0.05) is 43.1 Å². The maximum atomic E-state index is 12.1. The summed E-state index contributed by atoms with van der Waals surface area (Å²) in [6.07, 6.45) is 1.24. The molecule has 1 amide bonds. The number of hydrogen-bond acceptors (Lipinski definition) is 5. The van der Waals surface area contributed by atoms with Crippen LogP contribution in [0.4, 0.5) is 16.6 Å². The molecule has 1 unspecified atom stereocenters. The molecule has 138 valence electrons. The van der Waals surface area contributed by atoms with E-state index in [1.54, 1.807) is 29.3 Å². The van der Waals surface area contributed by atoms with Crippen LogP contribution in [-0.4, -0.2) is 28.7 Å². The molecule has 1 N–H and O–H groups in total. The summed E-state index contributed by atoms with van der Waals surface area (Å²) in [4.78, 5) is 22.4. The van der Waals surface area contributed by atoms with Gasteiger partial charge in [-0.3, -0.25) is 4.90 Å². The number of hydrogen-bond donors (Lipinski definition) is 1. The Morgan fingerprint density at radius 2 is 2.00 bits per heavy atom. The van der Waals surface area contributed by atoms with Crippen molar-refractivity contribution in [2.45, 2.75) is 32.9 Å². The lowest BCUT2D eigenvalue weighted by Crippen LogP contribution is -2.37. The summed E-state index contributed by atoms with van der Waals surface area (Å²) in [7, 11) is 0. The first-order valence-corrected chi connectivity index (χ1v) is 9.13. The van der Waals surface area contributed by atoms with Crippen molar-refractivity contribution in [1.29, 1.82) is 0 Å². The molecule has 0 spiro atoms. The standard InChI is InChI=1S/C18H20Cl2N4O2/c1-10(2)15-9-26-18(25)24(15)16-6-7-21-17(23-16)22-11(3)12-4-5-13(19)14(20)8-12/h4-8,10-11,15H,9H2,1-3H3,(H,21,22,23)/t11-,15?/m0/s1. The van der Waals surface area contributed by atoms with Gasteiger partial charge in [0.15, 0.2) is 0 Å². The highest BCUT2D eigenvalue weighted by molar-refractivity contribution is 6.42. The number of carbonyl (C=O) groups excluding carboxylic acids is 1. The number of amides is 1. The first kappa shape index (κ1) is 18.7. The Hall–Kier alpha value is -2.05. The Bertz CT molecular complexity index is 816. The number of cyclic esters (lactones) is 1. The SMILES string of the molecule is CC(C)C1COC(=O)N1c1ccnc(N[C@@H](C)c2ccc(Cl)c(Cl)c2)n1. The number of halogens is 2. The average Bonchev–Trinajstić information content (AvgIpc) is 2.99. The lowest BCUT2D eigenvalue weighted by atomic mass is 10.0. The van der Waals surface area contributed by atoms with Gasteiger partial charge in [-0.25, -0.2) is 9.78 Å². The van der Waals surface area contributed by atoms with Crippen molar-refractivity contribution >= 4 is 41.1 Å². The molecule has 6 nitrogen and oxygen atoms in total. The fourth-order valence-electron chi connectivity index (χ4n) is 2.80. The maximum Gasteiger partial charge on any atom is 0.415 e. The summed E-state index contributed by atoms with van der Waals surface area (Å²) in [6.45, 7) is 6.43. The third-order valence-electron chi connectivity index (χ3n) is 4.35. The number of ether oxygens (including phenoxy) is 1. The van der Waals surface area contributed by atoms with E-state index in [-0.39, 0.29) is 24.1 Å². The summed E-state index contributed by atoms with van der Waals surface area (Å²) < 4.78 is 5.19. The van der Waals surface area contributed by atoms with Gasteiger partial charge in [0.1, 0.15) is 12.4 Å². The van der Waals surface area contributed by atoms with Crippen molar-refractivity contribution in [2.75, 3.05) is 16.8 Å². The minimum Gasteiger partial charge on any atom is -0.447 e. The van der Waals surface area contributed by atoms with E-state index in [4.69, 9.17) is 27.9 Å². The zero-order valence-corrected chi connectivity index (χ0v) is 16.3. The van der Waals surface area contributed by atoms with Crippen molar-refractivity contribution in [3.63, 3.8) is 0 Å². The molecule has 1 aliphatic heterocycles. The van der Waals surface area contributed by atoms with Gasteiger partial charge in [-0.15, -0.1) is 0 Å². The van der Waals surface area contributed by atoms with Gasteiger partial charge >= 0.3 is 6.09 Å². The Balaban J connectivity index is 1.81. The van der Waals surface area contributed by atoms with Crippen LogP contribution < -0.4 is 10.2 Å². The molecule has 0 radical (unpaired) electrons. The first-order chi connectivity index (χ1) is 12.4. The summed E-state index contributed by atoms with van der Waals surface area (Å²) in [6, 6.07) is 7.02. The quantitative estimate of drug-likeness (QED) is 0.777. The number of aromatic nitrogens is 2. The number of anilines is 2. The van der Waals surface area contributed by atoms with Crippen molar-refractivity contribution in [2.24, 2.45) is 5.92 Å². The molecule has 2 atom stereocenters. The average molecular weight is 395 g/mol. The highest BCUT2D eigenvalue weighted by Gasteiger charge is 2.37. The molecule has 2 heterocycles. The van der Waals surface area contributed by atoms with Gasteiger partial charge in [-0.05, 0) is 36.6 Å². The summed E-state index contributed by atoms with van der Waals surface area (Å²) in [5.41, 5.74) is 0.953.